The van der Waals surface area contributed by atoms with Crippen LogP contribution in [0.5, 0.6) is 0 Å². The van der Waals surface area contributed by atoms with E-state index in [2.05, 4.69) is 14.9 Å². The standard InChI is InChI=1S/C13H21N3O/c1-16-7-6-14-12(16)10-15-11-3-8-17-13(9-11)4-2-5-13/h6-7,11,15H,2-5,8-10H2,1H3. The van der Waals surface area contributed by atoms with E-state index in [1.165, 1.54) is 25.7 Å². The Hall–Kier alpha value is -0.870. The molecule has 1 aromatic heterocycles. The van der Waals surface area contributed by atoms with Crippen LogP contribution in [0, 0.1) is 0 Å². The normalized spacial score (nSPS) is 27.0. The van der Waals surface area contributed by atoms with Crippen LogP contribution in [0.3, 0.4) is 0 Å². The average molecular weight is 235 g/mol. The second kappa shape index (κ2) is 4.42. The van der Waals surface area contributed by atoms with E-state index in [0.717, 1.165) is 25.4 Å². The lowest BCUT2D eigenvalue weighted by molar-refractivity contribution is -0.135. The number of aryl methyl sites for hydroxylation is 1. The molecule has 1 aromatic rings. The molecule has 94 valence electrons. The van der Waals surface area contributed by atoms with Crippen molar-refractivity contribution >= 4 is 0 Å². The first-order valence-corrected chi connectivity index (χ1v) is 6.61. The fraction of sp³-hybridized carbons (Fsp3) is 0.769. The molecule has 0 aromatic carbocycles. The maximum Gasteiger partial charge on any atom is 0.122 e. The van der Waals surface area contributed by atoms with Crippen LogP contribution >= 0.6 is 0 Å². The maximum atomic E-state index is 5.93. The molecule has 1 N–H and O–H groups in total. The molecule has 1 spiro atoms. The zero-order valence-corrected chi connectivity index (χ0v) is 10.5. The highest BCUT2D eigenvalue weighted by Gasteiger charge is 2.42. The highest BCUT2D eigenvalue weighted by molar-refractivity contribution is 4.97. The van der Waals surface area contributed by atoms with Gasteiger partial charge in [-0.05, 0) is 32.1 Å². The van der Waals surface area contributed by atoms with E-state index >= 15 is 0 Å². The molecular weight excluding hydrogens is 214 g/mol. The monoisotopic (exact) mass is 235 g/mol. The first kappa shape index (κ1) is 11.2. The third-order valence-corrected chi connectivity index (χ3v) is 4.23. The minimum atomic E-state index is 0.234. The SMILES string of the molecule is Cn1ccnc1CNC1CCOC2(CCC2)C1. The van der Waals surface area contributed by atoms with Gasteiger partial charge in [0, 0.05) is 32.1 Å². The summed E-state index contributed by atoms with van der Waals surface area (Å²) in [5.74, 6) is 1.11. The molecule has 2 fully saturated rings. The zero-order chi connectivity index (χ0) is 11.7. The van der Waals surface area contributed by atoms with Gasteiger partial charge in [-0.2, -0.15) is 0 Å². The Kier molecular flexibility index (Phi) is 2.92. The van der Waals surface area contributed by atoms with Crippen molar-refractivity contribution in [1.82, 2.24) is 14.9 Å². The number of aromatic nitrogens is 2. The minimum Gasteiger partial charge on any atom is -0.375 e. The predicted molar refractivity (Wildman–Crippen MR) is 65.6 cm³/mol. The van der Waals surface area contributed by atoms with Gasteiger partial charge in [0.25, 0.3) is 0 Å². The molecule has 1 saturated carbocycles. The summed E-state index contributed by atoms with van der Waals surface area (Å²) < 4.78 is 8.01. The van der Waals surface area contributed by atoms with Crippen molar-refractivity contribution in [3.8, 4) is 0 Å². The summed E-state index contributed by atoms with van der Waals surface area (Å²) in [5.41, 5.74) is 0.234. The Morgan fingerprint density at radius 1 is 1.59 bits per heavy atom. The summed E-state index contributed by atoms with van der Waals surface area (Å²) >= 11 is 0. The molecule has 17 heavy (non-hydrogen) atoms. The number of rotatable bonds is 3. The smallest absolute Gasteiger partial charge is 0.122 e. The lowest BCUT2D eigenvalue weighted by atomic mass is 9.74. The summed E-state index contributed by atoms with van der Waals surface area (Å²) in [6.07, 6.45) is 10.0. The molecule has 1 saturated heterocycles. The van der Waals surface area contributed by atoms with Crippen molar-refractivity contribution in [3.63, 3.8) is 0 Å². The quantitative estimate of drug-likeness (QED) is 0.865. The molecule has 1 aliphatic carbocycles. The summed E-state index contributed by atoms with van der Waals surface area (Å²) in [6, 6.07) is 0.598. The van der Waals surface area contributed by atoms with E-state index in [4.69, 9.17) is 4.74 Å². The average Bonchev–Trinajstić information content (AvgIpc) is 2.71. The first-order chi connectivity index (χ1) is 8.27. The van der Waals surface area contributed by atoms with Crippen molar-refractivity contribution < 1.29 is 4.74 Å². The molecule has 2 heterocycles. The zero-order valence-electron chi connectivity index (χ0n) is 10.5. The Bertz CT molecular complexity index is 384. The summed E-state index contributed by atoms with van der Waals surface area (Å²) in [7, 11) is 2.04. The third kappa shape index (κ3) is 2.24. The van der Waals surface area contributed by atoms with E-state index in [0.29, 0.717) is 6.04 Å². The Balaban J connectivity index is 1.53. The Morgan fingerprint density at radius 2 is 2.47 bits per heavy atom. The van der Waals surface area contributed by atoms with E-state index in [-0.39, 0.29) is 5.60 Å². The van der Waals surface area contributed by atoms with Gasteiger partial charge in [-0.15, -0.1) is 0 Å². The van der Waals surface area contributed by atoms with Gasteiger partial charge in [0.05, 0.1) is 12.1 Å². The van der Waals surface area contributed by atoms with Gasteiger partial charge < -0.3 is 14.6 Å². The van der Waals surface area contributed by atoms with Crippen LogP contribution in [0.25, 0.3) is 0 Å². The molecule has 0 amide bonds. The van der Waals surface area contributed by atoms with Gasteiger partial charge in [-0.3, -0.25) is 0 Å². The van der Waals surface area contributed by atoms with Crippen LogP contribution in [0.15, 0.2) is 12.4 Å². The third-order valence-electron chi connectivity index (χ3n) is 4.23. The number of nitrogens with one attached hydrogen (secondary N) is 1. The second-order valence-electron chi connectivity index (χ2n) is 5.41. The fourth-order valence-corrected chi connectivity index (χ4v) is 2.92. The van der Waals surface area contributed by atoms with Crippen LogP contribution in [-0.2, 0) is 18.3 Å². The van der Waals surface area contributed by atoms with Gasteiger partial charge >= 0.3 is 0 Å². The van der Waals surface area contributed by atoms with Gasteiger partial charge in [0.1, 0.15) is 5.82 Å². The van der Waals surface area contributed by atoms with Crippen LogP contribution in [0.2, 0.25) is 0 Å². The molecule has 1 unspecified atom stereocenters. The van der Waals surface area contributed by atoms with Gasteiger partial charge in [-0.25, -0.2) is 4.98 Å². The number of ether oxygens (including phenoxy) is 1. The molecule has 0 radical (unpaired) electrons. The van der Waals surface area contributed by atoms with Crippen molar-refractivity contribution in [2.45, 2.75) is 50.3 Å². The topological polar surface area (TPSA) is 39.1 Å². The predicted octanol–water partition coefficient (Wildman–Crippen LogP) is 1.61. The molecular formula is C13H21N3O. The number of imidazole rings is 1. The van der Waals surface area contributed by atoms with Crippen molar-refractivity contribution in [2.75, 3.05) is 6.61 Å². The molecule has 4 heteroatoms. The number of hydrogen-bond acceptors (Lipinski definition) is 3. The van der Waals surface area contributed by atoms with E-state index in [9.17, 15) is 0 Å². The molecule has 4 nitrogen and oxygen atoms in total. The second-order valence-corrected chi connectivity index (χ2v) is 5.41. The first-order valence-electron chi connectivity index (χ1n) is 6.61. The molecule has 0 bridgehead atoms. The van der Waals surface area contributed by atoms with Crippen LogP contribution in [-0.4, -0.2) is 27.8 Å². The fourth-order valence-electron chi connectivity index (χ4n) is 2.92. The van der Waals surface area contributed by atoms with Gasteiger partial charge in [0.15, 0.2) is 0 Å². The minimum absolute atomic E-state index is 0.234. The van der Waals surface area contributed by atoms with E-state index < -0.39 is 0 Å². The highest BCUT2D eigenvalue weighted by Crippen LogP contribution is 2.42. The van der Waals surface area contributed by atoms with Gasteiger partial charge in [0.2, 0.25) is 0 Å². The molecule has 1 atom stereocenters. The highest BCUT2D eigenvalue weighted by atomic mass is 16.5. The largest absolute Gasteiger partial charge is 0.375 e. The Morgan fingerprint density at radius 3 is 3.12 bits per heavy atom. The summed E-state index contributed by atoms with van der Waals surface area (Å²) in [5, 5.41) is 3.62. The van der Waals surface area contributed by atoms with Crippen molar-refractivity contribution in [1.29, 1.82) is 0 Å². The summed E-state index contributed by atoms with van der Waals surface area (Å²) in [6.45, 7) is 1.78. The lowest BCUT2D eigenvalue weighted by Gasteiger charge is -2.47. The van der Waals surface area contributed by atoms with Crippen LogP contribution < -0.4 is 5.32 Å². The lowest BCUT2D eigenvalue weighted by Crippen LogP contribution is -2.50. The van der Waals surface area contributed by atoms with Crippen molar-refractivity contribution in [2.24, 2.45) is 7.05 Å². The Labute approximate surface area is 102 Å². The number of hydrogen-bond donors (Lipinski definition) is 1. The number of nitrogens with zero attached hydrogens (tertiary/aromatic N) is 2. The molecule has 3 rings (SSSR count). The van der Waals surface area contributed by atoms with E-state index in [1.807, 2.05) is 19.4 Å². The molecule has 1 aliphatic heterocycles. The maximum absolute atomic E-state index is 5.93. The molecule has 2 aliphatic rings. The van der Waals surface area contributed by atoms with Gasteiger partial charge in [-0.1, -0.05) is 0 Å². The van der Waals surface area contributed by atoms with E-state index in [1.54, 1.807) is 0 Å². The van der Waals surface area contributed by atoms with Crippen LogP contribution in [0.1, 0.15) is 37.9 Å². The van der Waals surface area contributed by atoms with Crippen LogP contribution in [0.4, 0.5) is 0 Å². The summed E-state index contributed by atoms with van der Waals surface area (Å²) in [4.78, 5) is 4.34. The van der Waals surface area contributed by atoms with Crippen molar-refractivity contribution in [3.05, 3.63) is 18.2 Å².